The predicted octanol–water partition coefficient (Wildman–Crippen LogP) is 2.83. The second kappa shape index (κ2) is 10.9. The van der Waals surface area contributed by atoms with Crippen LogP contribution in [-0.2, 0) is 9.84 Å². The van der Waals surface area contributed by atoms with E-state index in [9.17, 15) is 8.42 Å². The van der Waals surface area contributed by atoms with Crippen molar-refractivity contribution in [2.45, 2.75) is 60.3 Å². The summed E-state index contributed by atoms with van der Waals surface area (Å²) < 4.78 is 22.6. The molecule has 0 amide bonds. The Balaban J connectivity index is 4.32. The van der Waals surface area contributed by atoms with Gasteiger partial charge in [0, 0.05) is 25.9 Å². The fraction of sp³-hybridized carbons (Fsp3) is 0.941. The zero-order valence-electron chi connectivity index (χ0n) is 15.9. The average molecular weight is 348 g/mol. The van der Waals surface area contributed by atoms with Gasteiger partial charge in [0.15, 0.2) is 5.96 Å². The number of nitrogens with zero attached hydrogens (tertiary/aromatic N) is 1. The lowest BCUT2D eigenvalue weighted by Gasteiger charge is -2.22. The lowest BCUT2D eigenvalue weighted by atomic mass is 9.90. The fourth-order valence-electron chi connectivity index (χ4n) is 2.06. The molecule has 0 aliphatic rings. The Kier molecular flexibility index (Phi) is 10.5. The monoisotopic (exact) mass is 347 g/mol. The van der Waals surface area contributed by atoms with Crippen LogP contribution in [0.25, 0.3) is 0 Å². The second-order valence-corrected chi connectivity index (χ2v) is 9.82. The maximum Gasteiger partial charge on any atom is 0.191 e. The summed E-state index contributed by atoms with van der Waals surface area (Å²) >= 11 is 0. The number of guanidine groups is 1. The highest BCUT2D eigenvalue weighted by Gasteiger charge is 2.20. The normalized spacial score (nSPS) is 13.4. The van der Waals surface area contributed by atoms with Gasteiger partial charge in [0.25, 0.3) is 0 Å². The molecule has 0 rings (SSSR count). The highest BCUT2D eigenvalue weighted by atomic mass is 32.2. The number of unbranched alkanes of at least 4 members (excludes halogenated alkanes) is 1. The number of aliphatic imine (C=N–C) groups is 1. The Bertz CT molecular complexity index is 443. The van der Waals surface area contributed by atoms with E-state index in [1.807, 2.05) is 6.92 Å². The van der Waals surface area contributed by atoms with E-state index in [-0.39, 0.29) is 11.2 Å². The third-order valence-corrected chi connectivity index (χ3v) is 4.61. The smallest absolute Gasteiger partial charge is 0.191 e. The lowest BCUT2D eigenvalue weighted by Crippen LogP contribution is -2.38. The van der Waals surface area contributed by atoms with Gasteiger partial charge in [-0.25, -0.2) is 8.42 Å². The summed E-state index contributed by atoms with van der Waals surface area (Å²) in [6, 6.07) is 0. The van der Waals surface area contributed by atoms with Gasteiger partial charge in [-0.1, -0.05) is 40.5 Å². The molecule has 0 aliphatic carbocycles. The van der Waals surface area contributed by atoms with Crippen LogP contribution in [0.1, 0.15) is 60.3 Å². The van der Waals surface area contributed by atoms with Crippen molar-refractivity contribution in [2.24, 2.45) is 16.3 Å². The minimum Gasteiger partial charge on any atom is -0.357 e. The van der Waals surface area contributed by atoms with Crippen LogP contribution in [0.4, 0.5) is 0 Å². The van der Waals surface area contributed by atoms with Crippen molar-refractivity contribution in [3.8, 4) is 0 Å². The summed E-state index contributed by atoms with van der Waals surface area (Å²) in [7, 11) is -2.91. The number of rotatable bonds is 11. The molecule has 2 N–H and O–H groups in total. The van der Waals surface area contributed by atoms with Gasteiger partial charge in [0.2, 0.25) is 0 Å². The molecule has 0 fully saturated rings. The van der Waals surface area contributed by atoms with Crippen LogP contribution in [0.2, 0.25) is 0 Å². The lowest BCUT2D eigenvalue weighted by molar-refractivity contribution is 0.365. The Labute approximate surface area is 143 Å². The number of hydrogen-bond donors (Lipinski definition) is 2. The molecule has 23 heavy (non-hydrogen) atoms. The first-order chi connectivity index (χ1) is 10.6. The minimum absolute atomic E-state index is 0.122. The van der Waals surface area contributed by atoms with Crippen molar-refractivity contribution in [1.82, 2.24) is 10.6 Å². The zero-order chi connectivity index (χ0) is 17.9. The predicted molar refractivity (Wildman–Crippen MR) is 101 cm³/mol. The standard InChI is InChI=1S/C17H37N3O2S/c1-7-18-16(19-12-9-8-10-15(2)3)20-14-17(4,5)11-13-23(6,21)22/h15H,7-14H2,1-6H3,(H2,18,19,20). The molecule has 0 aliphatic heterocycles. The summed E-state index contributed by atoms with van der Waals surface area (Å²) in [5, 5.41) is 6.61. The number of hydrogen-bond acceptors (Lipinski definition) is 3. The Morgan fingerprint density at radius 1 is 1.17 bits per heavy atom. The highest BCUT2D eigenvalue weighted by molar-refractivity contribution is 7.90. The van der Waals surface area contributed by atoms with Crippen LogP contribution in [0.15, 0.2) is 4.99 Å². The first-order valence-corrected chi connectivity index (χ1v) is 10.8. The summed E-state index contributed by atoms with van der Waals surface area (Å²) in [6.07, 6.45) is 5.54. The van der Waals surface area contributed by atoms with Gasteiger partial charge >= 0.3 is 0 Å². The zero-order valence-corrected chi connectivity index (χ0v) is 16.7. The molecule has 0 aromatic rings. The maximum absolute atomic E-state index is 11.3. The van der Waals surface area contributed by atoms with Crippen LogP contribution < -0.4 is 10.6 Å². The molecular formula is C17H37N3O2S. The molecule has 0 saturated carbocycles. The summed E-state index contributed by atoms with van der Waals surface area (Å²) in [6.45, 7) is 13.0. The summed E-state index contributed by atoms with van der Waals surface area (Å²) in [5.41, 5.74) is -0.122. The van der Waals surface area contributed by atoms with E-state index in [2.05, 4.69) is 43.3 Å². The quantitative estimate of drug-likeness (QED) is 0.342. The van der Waals surface area contributed by atoms with Gasteiger partial charge in [-0.3, -0.25) is 4.99 Å². The van der Waals surface area contributed by atoms with Crippen LogP contribution in [0, 0.1) is 11.3 Å². The minimum atomic E-state index is -2.91. The van der Waals surface area contributed by atoms with Gasteiger partial charge in [-0.2, -0.15) is 0 Å². The van der Waals surface area contributed by atoms with E-state index in [0.29, 0.717) is 13.0 Å². The fourth-order valence-corrected chi connectivity index (χ4v) is 2.98. The topological polar surface area (TPSA) is 70.6 Å². The molecule has 138 valence electrons. The van der Waals surface area contributed by atoms with E-state index in [0.717, 1.165) is 31.4 Å². The molecule has 0 unspecified atom stereocenters. The van der Waals surface area contributed by atoms with E-state index >= 15 is 0 Å². The van der Waals surface area contributed by atoms with Gasteiger partial charge in [-0.05, 0) is 31.1 Å². The highest BCUT2D eigenvalue weighted by Crippen LogP contribution is 2.21. The first-order valence-electron chi connectivity index (χ1n) is 8.75. The molecule has 0 aromatic carbocycles. The van der Waals surface area contributed by atoms with E-state index < -0.39 is 9.84 Å². The SMILES string of the molecule is CCNC(=NCC(C)(C)CCS(C)(=O)=O)NCCCCC(C)C. The van der Waals surface area contributed by atoms with Crippen molar-refractivity contribution in [2.75, 3.05) is 31.6 Å². The second-order valence-electron chi connectivity index (χ2n) is 7.56. The molecule has 0 spiro atoms. The molecule has 0 heterocycles. The van der Waals surface area contributed by atoms with Crippen LogP contribution >= 0.6 is 0 Å². The maximum atomic E-state index is 11.3. The average Bonchev–Trinajstić information content (AvgIpc) is 2.41. The van der Waals surface area contributed by atoms with E-state index in [4.69, 9.17) is 0 Å². The first kappa shape index (κ1) is 22.2. The van der Waals surface area contributed by atoms with Crippen molar-refractivity contribution >= 4 is 15.8 Å². The number of sulfone groups is 1. The van der Waals surface area contributed by atoms with Crippen molar-refractivity contribution in [3.63, 3.8) is 0 Å². The molecule has 6 heteroatoms. The third kappa shape index (κ3) is 14.5. The van der Waals surface area contributed by atoms with Gasteiger partial charge in [-0.15, -0.1) is 0 Å². The van der Waals surface area contributed by atoms with E-state index in [1.54, 1.807) is 0 Å². The van der Waals surface area contributed by atoms with Crippen molar-refractivity contribution in [3.05, 3.63) is 0 Å². The van der Waals surface area contributed by atoms with Crippen LogP contribution in [0.5, 0.6) is 0 Å². The largest absolute Gasteiger partial charge is 0.357 e. The summed E-state index contributed by atoms with van der Waals surface area (Å²) in [4.78, 5) is 4.62. The number of nitrogens with one attached hydrogen (secondary N) is 2. The molecular weight excluding hydrogens is 310 g/mol. The molecule has 0 saturated heterocycles. The molecule has 0 radical (unpaired) electrons. The van der Waals surface area contributed by atoms with Crippen LogP contribution in [0.3, 0.4) is 0 Å². The van der Waals surface area contributed by atoms with Crippen molar-refractivity contribution in [1.29, 1.82) is 0 Å². The molecule has 0 bridgehead atoms. The van der Waals surface area contributed by atoms with Gasteiger partial charge in [0.05, 0.1) is 5.75 Å². The van der Waals surface area contributed by atoms with Crippen LogP contribution in [-0.4, -0.2) is 46.0 Å². The summed E-state index contributed by atoms with van der Waals surface area (Å²) in [5.74, 6) is 1.80. The van der Waals surface area contributed by atoms with Crippen molar-refractivity contribution < 1.29 is 8.42 Å². The van der Waals surface area contributed by atoms with Gasteiger partial charge in [0.1, 0.15) is 9.84 Å². The Morgan fingerprint density at radius 3 is 2.35 bits per heavy atom. The Morgan fingerprint density at radius 2 is 1.83 bits per heavy atom. The van der Waals surface area contributed by atoms with E-state index in [1.165, 1.54) is 19.1 Å². The third-order valence-electron chi connectivity index (χ3n) is 3.66. The molecule has 5 nitrogen and oxygen atoms in total. The molecule has 0 aromatic heterocycles. The van der Waals surface area contributed by atoms with Gasteiger partial charge < -0.3 is 10.6 Å². The molecule has 0 atom stereocenters. The Hall–Kier alpha value is -0.780.